The van der Waals surface area contributed by atoms with Crippen LogP contribution in [0.25, 0.3) is 0 Å². The Balaban J connectivity index is 4.75. The molecular formula is C9H11F3N2O4. The van der Waals surface area contributed by atoms with Crippen molar-refractivity contribution >= 4 is 17.7 Å². The molecule has 6 nitrogen and oxygen atoms in total. The van der Waals surface area contributed by atoms with Crippen molar-refractivity contribution in [1.82, 2.24) is 5.32 Å². The fourth-order valence-corrected chi connectivity index (χ4v) is 0.996. The molecule has 0 saturated carbocycles. The number of carboxylic acids is 1. The molecule has 0 fully saturated rings. The van der Waals surface area contributed by atoms with Gasteiger partial charge in [-0.05, 0) is 6.92 Å². The molecule has 18 heavy (non-hydrogen) atoms. The van der Waals surface area contributed by atoms with Gasteiger partial charge in [-0.2, -0.15) is 13.2 Å². The van der Waals surface area contributed by atoms with Crippen molar-refractivity contribution in [2.24, 2.45) is 5.73 Å². The minimum Gasteiger partial charge on any atom is -0.480 e. The maximum Gasteiger partial charge on any atom is 0.454 e. The van der Waals surface area contributed by atoms with Crippen molar-refractivity contribution in [2.75, 3.05) is 0 Å². The van der Waals surface area contributed by atoms with Crippen LogP contribution in [-0.4, -0.2) is 35.0 Å². The molecule has 1 amide bonds. The number of hydrogen-bond donors (Lipinski definition) is 3. The third-order valence-corrected chi connectivity index (χ3v) is 1.73. The van der Waals surface area contributed by atoms with Crippen molar-refractivity contribution < 1.29 is 32.7 Å². The number of carboxylic acid groups (broad SMARTS) is 1. The quantitative estimate of drug-likeness (QED) is 0.584. The Labute approximate surface area is 99.6 Å². The van der Waals surface area contributed by atoms with E-state index in [1.807, 2.05) is 0 Å². The monoisotopic (exact) mass is 268 g/mol. The van der Waals surface area contributed by atoms with Crippen molar-refractivity contribution in [2.45, 2.75) is 25.6 Å². The molecule has 9 heteroatoms. The summed E-state index contributed by atoms with van der Waals surface area (Å²) in [5, 5.41) is 10.8. The van der Waals surface area contributed by atoms with Gasteiger partial charge in [-0.3, -0.25) is 9.59 Å². The molecule has 0 aromatic heterocycles. The molecule has 0 aromatic carbocycles. The summed E-state index contributed by atoms with van der Waals surface area (Å²) in [6.07, 6.45) is -5.44. The SMILES string of the molecule is C/C(=C/C(=O)C(F)(F)F)NC(CC(N)=O)C(=O)O. The van der Waals surface area contributed by atoms with E-state index in [1.54, 1.807) is 0 Å². The van der Waals surface area contributed by atoms with Crippen LogP contribution < -0.4 is 11.1 Å². The fraction of sp³-hybridized carbons (Fsp3) is 0.444. The zero-order valence-corrected chi connectivity index (χ0v) is 9.25. The number of rotatable bonds is 6. The second-order valence-corrected chi connectivity index (χ2v) is 3.39. The number of primary amides is 1. The zero-order valence-electron chi connectivity index (χ0n) is 9.25. The lowest BCUT2D eigenvalue weighted by atomic mass is 10.2. The third-order valence-electron chi connectivity index (χ3n) is 1.73. The molecule has 0 heterocycles. The topological polar surface area (TPSA) is 109 Å². The maximum atomic E-state index is 11.9. The Bertz CT molecular complexity index is 390. The van der Waals surface area contributed by atoms with Crippen LogP contribution in [0.3, 0.4) is 0 Å². The van der Waals surface area contributed by atoms with Gasteiger partial charge in [-0.15, -0.1) is 0 Å². The Morgan fingerprint density at radius 1 is 1.39 bits per heavy atom. The highest BCUT2D eigenvalue weighted by atomic mass is 19.4. The van der Waals surface area contributed by atoms with E-state index in [4.69, 9.17) is 10.8 Å². The van der Waals surface area contributed by atoms with Crippen LogP contribution in [0, 0.1) is 0 Å². The van der Waals surface area contributed by atoms with Crippen LogP contribution in [0.1, 0.15) is 13.3 Å². The van der Waals surface area contributed by atoms with Crippen molar-refractivity contribution in [3.63, 3.8) is 0 Å². The van der Waals surface area contributed by atoms with E-state index < -0.39 is 36.3 Å². The highest BCUT2D eigenvalue weighted by Gasteiger charge is 2.36. The van der Waals surface area contributed by atoms with Crippen LogP contribution in [0.15, 0.2) is 11.8 Å². The molecule has 0 aromatic rings. The summed E-state index contributed by atoms with van der Waals surface area (Å²) in [5.74, 6) is -4.54. The smallest absolute Gasteiger partial charge is 0.454 e. The molecule has 0 rings (SSSR count). The first-order valence-corrected chi connectivity index (χ1v) is 4.61. The van der Waals surface area contributed by atoms with Crippen LogP contribution in [0.4, 0.5) is 13.2 Å². The number of alkyl halides is 3. The fourth-order valence-electron chi connectivity index (χ4n) is 0.996. The van der Waals surface area contributed by atoms with Crippen molar-refractivity contribution in [3.8, 4) is 0 Å². The second-order valence-electron chi connectivity index (χ2n) is 3.39. The van der Waals surface area contributed by atoms with E-state index >= 15 is 0 Å². The average molecular weight is 268 g/mol. The molecule has 0 aliphatic rings. The molecule has 4 N–H and O–H groups in total. The Kier molecular flexibility index (Phi) is 5.34. The maximum absolute atomic E-state index is 11.9. The van der Waals surface area contributed by atoms with E-state index in [-0.39, 0.29) is 11.8 Å². The standard InChI is InChI=1S/C9H11F3N2O4/c1-4(2-6(15)9(10,11)12)14-5(8(17)18)3-7(13)16/h2,5,14H,3H2,1H3,(H2,13,16)(H,17,18)/b4-2-. The summed E-state index contributed by atoms with van der Waals surface area (Å²) >= 11 is 0. The molecular weight excluding hydrogens is 257 g/mol. The number of nitrogens with two attached hydrogens (primary N) is 1. The zero-order chi connectivity index (χ0) is 14.5. The number of carbonyl (C=O) groups is 3. The average Bonchev–Trinajstić information content (AvgIpc) is 2.13. The lowest BCUT2D eigenvalue weighted by molar-refractivity contribution is -0.165. The minimum absolute atomic E-state index is 0.205. The van der Waals surface area contributed by atoms with E-state index in [0.717, 1.165) is 6.92 Å². The summed E-state index contributed by atoms with van der Waals surface area (Å²) in [6, 6.07) is -1.49. The summed E-state index contributed by atoms with van der Waals surface area (Å²) in [7, 11) is 0. The first kappa shape index (κ1) is 15.9. The van der Waals surface area contributed by atoms with E-state index in [2.05, 4.69) is 5.32 Å². The van der Waals surface area contributed by atoms with Crippen LogP contribution >= 0.6 is 0 Å². The van der Waals surface area contributed by atoms with Gasteiger partial charge < -0.3 is 16.2 Å². The van der Waals surface area contributed by atoms with Gasteiger partial charge in [0.25, 0.3) is 5.78 Å². The van der Waals surface area contributed by atoms with Crippen molar-refractivity contribution in [3.05, 3.63) is 11.8 Å². The molecule has 0 aliphatic carbocycles. The van der Waals surface area contributed by atoms with E-state index in [9.17, 15) is 27.6 Å². The van der Waals surface area contributed by atoms with Crippen LogP contribution in [-0.2, 0) is 14.4 Å². The predicted octanol–water partition coefficient (Wildman–Crippen LogP) is -0.0602. The van der Waals surface area contributed by atoms with E-state index in [1.165, 1.54) is 0 Å². The molecule has 0 aliphatic heterocycles. The van der Waals surface area contributed by atoms with Crippen LogP contribution in [0.5, 0.6) is 0 Å². The molecule has 0 bridgehead atoms. The first-order chi connectivity index (χ1) is 8.04. The highest BCUT2D eigenvalue weighted by molar-refractivity contribution is 5.95. The first-order valence-electron chi connectivity index (χ1n) is 4.61. The lowest BCUT2D eigenvalue weighted by Gasteiger charge is -2.14. The van der Waals surface area contributed by atoms with E-state index in [0.29, 0.717) is 0 Å². The number of aliphatic carboxylic acids is 1. The number of hydrogen-bond acceptors (Lipinski definition) is 4. The molecule has 0 spiro atoms. The number of nitrogens with one attached hydrogen (secondary N) is 1. The normalized spacial score (nSPS) is 13.9. The Hall–Kier alpha value is -2.06. The van der Waals surface area contributed by atoms with Crippen LogP contribution in [0.2, 0.25) is 0 Å². The number of allylic oxidation sites excluding steroid dienone is 2. The lowest BCUT2D eigenvalue weighted by Crippen LogP contribution is -2.39. The van der Waals surface area contributed by atoms with Gasteiger partial charge in [0.05, 0.1) is 6.42 Å². The molecule has 102 valence electrons. The Morgan fingerprint density at radius 2 is 1.89 bits per heavy atom. The number of amides is 1. The summed E-state index contributed by atoms with van der Waals surface area (Å²) in [5.41, 5.74) is 4.44. The number of carbonyl (C=O) groups excluding carboxylic acids is 2. The van der Waals surface area contributed by atoms with Gasteiger partial charge in [0.2, 0.25) is 5.91 Å². The highest BCUT2D eigenvalue weighted by Crippen LogP contribution is 2.17. The molecule has 0 radical (unpaired) electrons. The van der Waals surface area contributed by atoms with Gasteiger partial charge in [-0.25, -0.2) is 4.79 Å². The summed E-state index contributed by atoms with van der Waals surface area (Å²) in [4.78, 5) is 31.7. The summed E-state index contributed by atoms with van der Waals surface area (Å²) in [6.45, 7) is 1.07. The van der Waals surface area contributed by atoms with Gasteiger partial charge in [0.1, 0.15) is 6.04 Å². The predicted molar refractivity (Wildman–Crippen MR) is 53.2 cm³/mol. The van der Waals surface area contributed by atoms with Gasteiger partial charge in [0.15, 0.2) is 0 Å². The second kappa shape index (κ2) is 6.03. The van der Waals surface area contributed by atoms with Gasteiger partial charge in [0, 0.05) is 11.8 Å². The third kappa shape index (κ3) is 5.87. The molecule has 1 unspecified atom stereocenters. The molecule has 0 saturated heterocycles. The largest absolute Gasteiger partial charge is 0.480 e. The van der Waals surface area contributed by atoms with Gasteiger partial charge >= 0.3 is 12.1 Å². The molecule has 1 atom stereocenters. The minimum atomic E-state index is -5.04. The summed E-state index contributed by atoms with van der Waals surface area (Å²) < 4.78 is 35.7. The Morgan fingerprint density at radius 3 is 2.22 bits per heavy atom. The number of halogens is 3. The van der Waals surface area contributed by atoms with Crippen molar-refractivity contribution in [1.29, 1.82) is 0 Å². The number of ketones is 1. The van der Waals surface area contributed by atoms with Gasteiger partial charge in [-0.1, -0.05) is 0 Å².